The average molecular weight is 472 g/mol. The first-order chi connectivity index (χ1) is 12.0. The van der Waals surface area contributed by atoms with Crippen LogP contribution in [0.2, 0.25) is 0 Å². The molecule has 1 heterocycles. The number of halogens is 1. The second-order valence-electron chi connectivity index (χ2n) is 7.21. The summed E-state index contributed by atoms with van der Waals surface area (Å²) in [6.07, 6.45) is 2.22. The third-order valence-corrected chi connectivity index (χ3v) is 4.56. The fourth-order valence-electron chi connectivity index (χ4n) is 3.51. The van der Waals surface area contributed by atoms with Gasteiger partial charge in [0.2, 0.25) is 0 Å². The maximum Gasteiger partial charge on any atom is 0.251 e. The average Bonchev–Trinajstić information content (AvgIpc) is 2.59. The molecule has 1 aromatic carbocycles. The molecule has 1 fully saturated rings. The zero-order chi connectivity index (χ0) is 18.2. The van der Waals surface area contributed by atoms with Crippen molar-refractivity contribution in [1.29, 1.82) is 0 Å². The lowest BCUT2D eigenvalue weighted by Crippen LogP contribution is -2.48. The maximum atomic E-state index is 12.1. The van der Waals surface area contributed by atoms with Crippen LogP contribution in [0, 0.1) is 11.8 Å². The van der Waals surface area contributed by atoms with Crippen molar-refractivity contribution in [3.05, 3.63) is 35.4 Å². The molecule has 0 radical (unpaired) electrons. The molecule has 26 heavy (non-hydrogen) atoms. The highest BCUT2D eigenvalue weighted by molar-refractivity contribution is 14.0. The first kappa shape index (κ1) is 22.7. The third-order valence-electron chi connectivity index (χ3n) is 4.56. The SMILES string of the molecule is CCCNC(=O)c1cccc(CNC(=NC)N2CC(C)CC(C)C2)c1.I. The summed E-state index contributed by atoms with van der Waals surface area (Å²) < 4.78 is 0. The van der Waals surface area contributed by atoms with Crippen LogP contribution >= 0.6 is 24.0 Å². The molecule has 146 valence electrons. The van der Waals surface area contributed by atoms with Gasteiger partial charge in [0, 0.05) is 38.8 Å². The summed E-state index contributed by atoms with van der Waals surface area (Å²) >= 11 is 0. The smallest absolute Gasteiger partial charge is 0.251 e. The number of piperidine rings is 1. The Labute approximate surface area is 175 Å². The molecule has 2 N–H and O–H groups in total. The molecule has 1 saturated heterocycles. The Morgan fingerprint density at radius 1 is 1.23 bits per heavy atom. The molecular weight excluding hydrogens is 439 g/mol. The number of aliphatic imine (C=N–C) groups is 1. The minimum absolute atomic E-state index is 0. The van der Waals surface area contributed by atoms with E-state index < -0.39 is 0 Å². The van der Waals surface area contributed by atoms with Gasteiger partial charge in [0.25, 0.3) is 5.91 Å². The number of benzene rings is 1. The van der Waals surface area contributed by atoms with E-state index in [1.807, 2.05) is 31.3 Å². The number of carbonyl (C=O) groups is 1. The van der Waals surface area contributed by atoms with Crippen molar-refractivity contribution in [1.82, 2.24) is 15.5 Å². The van der Waals surface area contributed by atoms with E-state index in [1.165, 1.54) is 6.42 Å². The zero-order valence-corrected chi connectivity index (χ0v) is 18.7. The molecular formula is C20H33IN4O. The number of likely N-dealkylation sites (tertiary alicyclic amines) is 1. The van der Waals surface area contributed by atoms with Gasteiger partial charge in [-0.3, -0.25) is 9.79 Å². The van der Waals surface area contributed by atoms with E-state index in [0.29, 0.717) is 30.5 Å². The third kappa shape index (κ3) is 6.78. The van der Waals surface area contributed by atoms with Gasteiger partial charge in [0.15, 0.2) is 5.96 Å². The lowest BCUT2D eigenvalue weighted by Gasteiger charge is -2.37. The van der Waals surface area contributed by atoms with E-state index in [1.54, 1.807) is 0 Å². The monoisotopic (exact) mass is 472 g/mol. The summed E-state index contributed by atoms with van der Waals surface area (Å²) in [5.41, 5.74) is 1.80. The van der Waals surface area contributed by atoms with Crippen LogP contribution in [0.3, 0.4) is 0 Å². The number of carbonyl (C=O) groups excluding carboxylic acids is 1. The van der Waals surface area contributed by atoms with Crippen molar-refractivity contribution >= 4 is 35.8 Å². The quantitative estimate of drug-likeness (QED) is 0.392. The van der Waals surface area contributed by atoms with Gasteiger partial charge < -0.3 is 15.5 Å². The van der Waals surface area contributed by atoms with Crippen LogP contribution < -0.4 is 10.6 Å². The lowest BCUT2D eigenvalue weighted by molar-refractivity contribution is 0.0953. The summed E-state index contributed by atoms with van der Waals surface area (Å²) in [5, 5.41) is 6.37. The minimum Gasteiger partial charge on any atom is -0.352 e. The van der Waals surface area contributed by atoms with E-state index in [4.69, 9.17) is 0 Å². The van der Waals surface area contributed by atoms with Gasteiger partial charge in [-0.15, -0.1) is 24.0 Å². The number of guanidine groups is 1. The Balaban J connectivity index is 0.00000338. The minimum atomic E-state index is -0.00763. The molecule has 5 nitrogen and oxygen atoms in total. The molecule has 2 rings (SSSR count). The number of amides is 1. The van der Waals surface area contributed by atoms with E-state index in [-0.39, 0.29) is 29.9 Å². The highest BCUT2D eigenvalue weighted by atomic mass is 127. The first-order valence-electron chi connectivity index (χ1n) is 9.36. The number of nitrogens with one attached hydrogen (secondary N) is 2. The Morgan fingerprint density at radius 3 is 2.54 bits per heavy atom. The number of rotatable bonds is 5. The topological polar surface area (TPSA) is 56.7 Å². The standard InChI is InChI=1S/C20H32N4O.HI/c1-5-9-22-19(25)18-8-6-7-17(11-18)12-23-20(21-4)24-13-15(2)10-16(3)14-24;/h6-8,11,15-16H,5,9-10,12-14H2,1-4H3,(H,21,23)(H,22,25);1H. The van der Waals surface area contributed by atoms with Crippen molar-refractivity contribution in [2.24, 2.45) is 16.8 Å². The summed E-state index contributed by atoms with van der Waals surface area (Å²) in [7, 11) is 1.83. The van der Waals surface area contributed by atoms with Crippen LogP contribution in [-0.2, 0) is 6.54 Å². The Hall–Kier alpha value is -1.31. The van der Waals surface area contributed by atoms with Crippen LogP contribution in [0.15, 0.2) is 29.3 Å². The number of hydrogen-bond acceptors (Lipinski definition) is 2. The normalized spacial score (nSPS) is 20.3. The first-order valence-corrected chi connectivity index (χ1v) is 9.36. The lowest BCUT2D eigenvalue weighted by atomic mass is 9.92. The van der Waals surface area contributed by atoms with E-state index in [9.17, 15) is 4.79 Å². The summed E-state index contributed by atoms with van der Waals surface area (Å²) in [6, 6.07) is 7.79. The van der Waals surface area contributed by atoms with Crippen LogP contribution in [0.1, 0.15) is 49.5 Å². The molecule has 0 bridgehead atoms. The summed E-state index contributed by atoms with van der Waals surface area (Å²) in [6.45, 7) is 10.1. The Kier molecular flexibility index (Phi) is 9.98. The van der Waals surface area contributed by atoms with Crippen molar-refractivity contribution < 1.29 is 4.79 Å². The molecule has 2 unspecified atom stereocenters. The largest absolute Gasteiger partial charge is 0.352 e. The number of hydrogen-bond donors (Lipinski definition) is 2. The molecule has 0 aromatic heterocycles. The van der Waals surface area contributed by atoms with Gasteiger partial charge in [-0.05, 0) is 42.4 Å². The van der Waals surface area contributed by atoms with Crippen LogP contribution in [0.4, 0.5) is 0 Å². The van der Waals surface area contributed by atoms with E-state index in [0.717, 1.165) is 31.0 Å². The maximum absolute atomic E-state index is 12.1. The van der Waals surface area contributed by atoms with E-state index >= 15 is 0 Å². The van der Waals surface area contributed by atoms with E-state index in [2.05, 4.69) is 41.3 Å². The van der Waals surface area contributed by atoms with Gasteiger partial charge in [0.05, 0.1) is 0 Å². The molecule has 0 spiro atoms. The summed E-state index contributed by atoms with van der Waals surface area (Å²) in [5.74, 6) is 2.31. The second kappa shape index (κ2) is 11.4. The molecule has 6 heteroatoms. The fourth-order valence-corrected chi connectivity index (χ4v) is 3.51. The molecule has 1 aliphatic heterocycles. The van der Waals surface area contributed by atoms with Crippen molar-refractivity contribution in [3.63, 3.8) is 0 Å². The molecule has 1 aromatic rings. The van der Waals surface area contributed by atoms with Crippen LogP contribution in [-0.4, -0.2) is 43.4 Å². The number of nitrogens with zero attached hydrogens (tertiary/aromatic N) is 2. The van der Waals surface area contributed by atoms with Crippen LogP contribution in [0.5, 0.6) is 0 Å². The highest BCUT2D eigenvalue weighted by Gasteiger charge is 2.23. The van der Waals surface area contributed by atoms with Gasteiger partial charge >= 0.3 is 0 Å². The predicted octanol–water partition coefficient (Wildman–Crippen LogP) is 3.50. The molecule has 2 atom stereocenters. The van der Waals surface area contributed by atoms with Crippen LogP contribution in [0.25, 0.3) is 0 Å². The zero-order valence-electron chi connectivity index (χ0n) is 16.4. The van der Waals surface area contributed by atoms with Gasteiger partial charge in [-0.1, -0.05) is 32.9 Å². The predicted molar refractivity (Wildman–Crippen MR) is 119 cm³/mol. The van der Waals surface area contributed by atoms with Gasteiger partial charge in [0.1, 0.15) is 0 Å². The fraction of sp³-hybridized carbons (Fsp3) is 0.600. The van der Waals surface area contributed by atoms with Gasteiger partial charge in [-0.25, -0.2) is 0 Å². The second-order valence-corrected chi connectivity index (χ2v) is 7.21. The molecule has 0 aliphatic carbocycles. The molecule has 1 amide bonds. The van der Waals surface area contributed by atoms with Gasteiger partial charge in [-0.2, -0.15) is 0 Å². The molecule has 0 saturated carbocycles. The summed E-state index contributed by atoms with van der Waals surface area (Å²) in [4.78, 5) is 18.9. The van der Waals surface area contributed by atoms with Crippen molar-refractivity contribution in [2.45, 2.75) is 40.2 Å². The highest BCUT2D eigenvalue weighted by Crippen LogP contribution is 2.20. The Morgan fingerprint density at radius 2 is 1.92 bits per heavy atom. The molecule has 1 aliphatic rings. The Bertz CT molecular complexity index is 595. The van der Waals surface area contributed by atoms with Crippen molar-refractivity contribution in [3.8, 4) is 0 Å². The van der Waals surface area contributed by atoms with Crippen molar-refractivity contribution in [2.75, 3.05) is 26.7 Å².